The third-order valence-electron chi connectivity index (χ3n) is 3.30. The second-order valence-electron chi connectivity index (χ2n) is 5.27. The molecule has 0 aromatic carbocycles. The summed E-state index contributed by atoms with van der Waals surface area (Å²) >= 11 is 0. The van der Waals surface area contributed by atoms with E-state index in [-0.39, 0.29) is 41.9 Å². The van der Waals surface area contributed by atoms with Crippen molar-refractivity contribution in [1.29, 1.82) is 0 Å². The van der Waals surface area contributed by atoms with Gasteiger partial charge in [-0.15, -0.1) is 0 Å². The number of rotatable bonds is 13. The molecule has 0 unspecified atom stereocenters. The molecular weight excluding hydrogens is 291 g/mol. The predicted molar refractivity (Wildman–Crippen MR) is 81.6 cm³/mol. The van der Waals surface area contributed by atoms with Gasteiger partial charge in [-0.1, -0.05) is 58.3 Å². The second-order valence-corrected chi connectivity index (χ2v) is 5.27. The van der Waals surface area contributed by atoms with E-state index in [1.807, 2.05) is 0 Å². The van der Waals surface area contributed by atoms with Gasteiger partial charge >= 0.3 is 35.5 Å². The Hall–Kier alpha value is -0.320. The van der Waals surface area contributed by atoms with Gasteiger partial charge in [0.25, 0.3) is 0 Å². The number of carbonyl (C=O) groups excluding carboxylic acids is 2. The third-order valence-corrected chi connectivity index (χ3v) is 3.30. The van der Waals surface area contributed by atoms with Gasteiger partial charge in [0.1, 0.15) is 0 Å². The van der Waals surface area contributed by atoms with E-state index < -0.39 is 11.7 Å². The van der Waals surface area contributed by atoms with Crippen LogP contribution in [0.15, 0.2) is 11.8 Å². The van der Waals surface area contributed by atoms with E-state index in [2.05, 4.69) is 11.7 Å². The largest absolute Gasteiger partial charge is 1.00 e. The molecule has 0 bridgehead atoms. The minimum absolute atomic E-state index is 0. The Morgan fingerprint density at radius 2 is 1.41 bits per heavy atom. The molecule has 0 atom stereocenters. The first-order valence-electron chi connectivity index (χ1n) is 8.20. The van der Waals surface area contributed by atoms with Crippen molar-refractivity contribution < 1.29 is 49.0 Å². The van der Waals surface area contributed by atoms with Gasteiger partial charge in [-0.25, -0.2) is 4.79 Å². The van der Waals surface area contributed by atoms with E-state index in [1.165, 1.54) is 38.5 Å². The zero-order valence-corrected chi connectivity index (χ0v) is 16.5. The molecule has 0 fully saturated rings. The summed E-state index contributed by atoms with van der Waals surface area (Å²) in [6, 6.07) is 0. The summed E-state index contributed by atoms with van der Waals surface area (Å²) in [6.07, 6.45) is 11.8. The van der Waals surface area contributed by atoms with Crippen LogP contribution in [-0.4, -0.2) is 18.4 Å². The molecular formula is C17H29NaO4. The zero-order chi connectivity index (χ0) is 15.9. The van der Waals surface area contributed by atoms with E-state index in [0.717, 1.165) is 25.3 Å². The second kappa shape index (κ2) is 17.0. The normalized spacial score (nSPS) is 10.9. The number of hydrogen-bond acceptors (Lipinski definition) is 4. The molecule has 0 spiro atoms. The van der Waals surface area contributed by atoms with Crippen molar-refractivity contribution in [2.45, 2.75) is 78.1 Å². The van der Waals surface area contributed by atoms with E-state index in [1.54, 1.807) is 6.92 Å². The molecule has 0 aromatic rings. The van der Waals surface area contributed by atoms with Crippen LogP contribution in [0, 0.1) is 0 Å². The number of esters is 1. The monoisotopic (exact) mass is 320 g/mol. The van der Waals surface area contributed by atoms with Gasteiger partial charge in [0, 0.05) is 6.42 Å². The number of hydrogen-bond donors (Lipinski definition) is 0. The number of ketones is 1. The minimum Gasteiger partial charge on any atom is -0.868 e. The molecule has 0 aliphatic heterocycles. The molecule has 122 valence electrons. The van der Waals surface area contributed by atoms with Crippen molar-refractivity contribution in [1.82, 2.24) is 0 Å². The van der Waals surface area contributed by atoms with Crippen LogP contribution in [0.3, 0.4) is 0 Å². The van der Waals surface area contributed by atoms with Crippen molar-refractivity contribution in [2.75, 3.05) is 6.61 Å². The Morgan fingerprint density at radius 1 is 0.909 bits per heavy atom. The van der Waals surface area contributed by atoms with Gasteiger partial charge in [0.2, 0.25) is 0 Å². The van der Waals surface area contributed by atoms with Crippen LogP contribution in [0.2, 0.25) is 0 Å². The van der Waals surface area contributed by atoms with Crippen molar-refractivity contribution in [3.8, 4) is 0 Å². The van der Waals surface area contributed by atoms with Crippen molar-refractivity contribution in [3.05, 3.63) is 11.8 Å². The summed E-state index contributed by atoms with van der Waals surface area (Å²) in [5.41, 5.74) is 0. The molecule has 0 amide bonds. The first kappa shape index (κ1) is 23.9. The van der Waals surface area contributed by atoms with Crippen LogP contribution in [0.5, 0.6) is 0 Å². The zero-order valence-electron chi connectivity index (χ0n) is 14.5. The minimum atomic E-state index is -0.946. The van der Waals surface area contributed by atoms with E-state index in [0.29, 0.717) is 6.42 Å². The quantitative estimate of drug-likeness (QED) is 0.161. The molecule has 22 heavy (non-hydrogen) atoms. The Morgan fingerprint density at radius 3 is 1.91 bits per heavy atom. The van der Waals surface area contributed by atoms with Crippen LogP contribution in [0.4, 0.5) is 0 Å². The maximum absolute atomic E-state index is 11.5. The molecule has 4 nitrogen and oxygen atoms in total. The van der Waals surface area contributed by atoms with Gasteiger partial charge in [0.15, 0.2) is 5.78 Å². The van der Waals surface area contributed by atoms with E-state index in [4.69, 9.17) is 0 Å². The van der Waals surface area contributed by atoms with Gasteiger partial charge in [-0.2, -0.15) is 0 Å². The summed E-state index contributed by atoms with van der Waals surface area (Å²) in [7, 11) is 0. The number of allylic oxidation sites excluding steroid dienone is 1. The molecule has 0 aliphatic rings. The Balaban J connectivity index is 0. The molecule has 0 radical (unpaired) electrons. The smallest absolute Gasteiger partial charge is 0.868 e. The topological polar surface area (TPSA) is 66.4 Å². The summed E-state index contributed by atoms with van der Waals surface area (Å²) in [4.78, 5) is 22.5. The summed E-state index contributed by atoms with van der Waals surface area (Å²) in [5, 5.41) is 11.3. The van der Waals surface area contributed by atoms with Crippen LogP contribution in [0.1, 0.15) is 78.1 Å². The first-order valence-corrected chi connectivity index (χ1v) is 8.20. The maximum Gasteiger partial charge on any atom is 1.00 e. The Bertz CT molecular complexity index is 327. The fraction of sp³-hybridized carbons (Fsp3) is 0.765. The summed E-state index contributed by atoms with van der Waals surface area (Å²) < 4.78 is 4.53. The molecule has 0 saturated heterocycles. The Labute approximate surface area is 157 Å². The van der Waals surface area contributed by atoms with Gasteiger partial charge in [-0.3, -0.25) is 4.79 Å². The fourth-order valence-electron chi connectivity index (χ4n) is 2.09. The average Bonchev–Trinajstić information content (AvgIpc) is 2.45. The number of unbranched alkanes of at least 4 members (excludes halogenated alkanes) is 8. The standard InChI is InChI=1S/C17H30O4.Na/c1-3-5-6-7-8-9-10-11-12-13-15(18)14-16(19)17(20)21-4-2;/h14,19H,3-13H2,1-2H3;/q;+1/p-1/b16-14+;. The molecule has 5 heteroatoms. The van der Waals surface area contributed by atoms with Crippen LogP contribution in [0.25, 0.3) is 0 Å². The molecule has 0 N–H and O–H groups in total. The summed E-state index contributed by atoms with van der Waals surface area (Å²) in [5.74, 6) is -2.08. The van der Waals surface area contributed by atoms with Crippen LogP contribution in [-0.2, 0) is 14.3 Å². The molecule has 0 rings (SSSR count). The van der Waals surface area contributed by atoms with Crippen LogP contribution >= 0.6 is 0 Å². The van der Waals surface area contributed by atoms with Crippen molar-refractivity contribution in [2.24, 2.45) is 0 Å². The van der Waals surface area contributed by atoms with Crippen molar-refractivity contribution in [3.63, 3.8) is 0 Å². The van der Waals surface area contributed by atoms with Gasteiger partial charge in [-0.05, 0) is 25.2 Å². The maximum atomic E-state index is 11.5. The fourth-order valence-corrected chi connectivity index (χ4v) is 2.09. The number of ether oxygens (including phenoxy) is 1. The first-order chi connectivity index (χ1) is 10.1. The van der Waals surface area contributed by atoms with Gasteiger partial charge in [0.05, 0.1) is 6.61 Å². The summed E-state index contributed by atoms with van der Waals surface area (Å²) in [6.45, 7) is 3.97. The number of carbonyl (C=O) groups is 2. The third kappa shape index (κ3) is 14.6. The van der Waals surface area contributed by atoms with E-state index in [9.17, 15) is 14.7 Å². The molecule has 0 aliphatic carbocycles. The molecule has 0 saturated carbocycles. The van der Waals surface area contributed by atoms with Gasteiger partial charge < -0.3 is 9.84 Å². The van der Waals surface area contributed by atoms with Crippen molar-refractivity contribution >= 4 is 11.8 Å². The molecule has 0 aromatic heterocycles. The SMILES string of the molecule is CCCCCCCCCCCC(=O)/C=C(/[O-])C(=O)OCC.[Na+]. The van der Waals surface area contributed by atoms with Crippen LogP contribution < -0.4 is 34.7 Å². The predicted octanol–water partition coefficient (Wildman–Crippen LogP) is 0.288. The Kier molecular flexibility index (Phi) is 18.5. The average molecular weight is 320 g/mol. The van der Waals surface area contributed by atoms with E-state index >= 15 is 0 Å². The molecule has 0 heterocycles.